The third-order valence-electron chi connectivity index (χ3n) is 5.34. The molecular formula is C24H25N3O3. The number of ether oxygens (including phenoxy) is 1. The van der Waals surface area contributed by atoms with E-state index in [2.05, 4.69) is 10.6 Å². The second kappa shape index (κ2) is 8.06. The highest BCUT2D eigenvalue weighted by atomic mass is 16.5. The lowest BCUT2D eigenvalue weighted by Gasteiger charge is -2.12. The molecule has 0 spiro atoms. The van der Waals surface area contributed by atoms with Crippen molar-refractivity contribution in [3.05, 3.63) is 77.1 Å². The minimum absolute atomic E-state index is 0.155. The second-order valence-electron chi connectivity index (χ2n) is 7.57. The number of nitrogens with zero attached hydrogens (tertiary/aromatic N) is 1. The van der Waals surface area contributed by atoms with Crippen molar-refractivity contribution in [3.8, 4) is 11.4 Å². The summed E-state index contributed by atoms with van der Waals surface area (Å²) in [6, 6.07) is 16.9. The Bertz CT molecular complexity index is 1100. The molecule has 6 heteroatoms. The maximum Gasteiger partial charge on any atom is 0.257 e. The van der Waals surface area contributed by atoms with Crippen LogP contribution in [-0.2, 0) is 0 Å². The molecule has 1 aliphatic carbocycles. The van der Waals surface area contributed by atoms with Crippen LogP contribution in [0.4, 0.5) is 5.69 Å². The zero-order chi connectivity index (χ0) is 21.3. The van der Waals surface area contributed by atoms with Crippen molar-refractivity contribution in [3.63, 3.8) is 0 Å². The first-order valence-corrected chi connectivity index (χ1v) is 10.0. The van der Waals surface area contributed by atoms with Gasteiger partial charge in [-0.05, 0) is 69.2 Å². The average molecular weight is 403 g/mol. The third kappa shape index (κ3) is 3.94. The van der Waals surface area contributed by atoms with Crippen LogP contribution in [0.1, 0.15) is 44.9 Å². The third-order valence-corrected chi connectivity index (χ3v) is 5.34. The zero-order valence-electron chi connectivity index (χ0n) is 17.4. The normalized spacial score (nSPS) is 13.0. The van der Waals surface area contributed by atoms with E-state index >= 15 is 0 Å². The van der Waals surface area contributed by atoms with Gasteiger partial charge in [-0.1, -0.05) is 12.1 Å². The summed E-state index contributed by atoms with van der Waals surface area (Å²) in [5.74, 6) is 0.381. The number of carbonyl (C=O) groups excluding carboxylic acids is 2. The fraction of sp³-hybridized carbons (Fsp3) is 0.250. The van der Waals surface area contributed by atoms with E-state index in [1.807, 2.05) is 54.8 Å². The number of benzene rings is 2. The number of rotatable bonds is 6. The largest absolute Gasteiger partial charge is 0.497 e. The van der Waals surface area contributed by atoms with Crippen LogP contribution in [0, 0.1) is 13.8 Å². The number of hydrogen-bond donors (Lipinski definition) is 2. The predicted molar refractivity (Wildman–Crippen MR) is 117 cm³/mol. The highest BCUT2D eigenvalue weighted by Crippen LogP contribution is 2.25. The average Bonchev–Trinajstić information content (AvgIpc) is 3.51. The number of aromatic nitrogens is 1. The summed E-state index contributed by atoms with van der Waals surface area (Å²) in [4.78, 5) is 25.6. The van der Waals surface area contributed by atoms with Gasteiger partial charge in [0.15, 0.2) is 0 Å². The summed E-state index contributed by atoms with van der Waals surface area (Å²) in [6.45, 7) is 3.88. The van der Waals surface area contributed by atoms with Crippen molar-refractivity contribution in [1.29, 1.82) is 0 Å². The zero-order valence-corrected chi connectivity index (χ0v) is 17.4. The minimum atomic E-state index is -0.241. The van der Waals surface area contributed by atoms with E-state index in [1.54, 1.807) is 25.3 Å². The molecule has 1 saturated carbocycles. The van der Waals surface area contributed by atoms with E-state index in [0.29, 0.717) is 16.8 Å². The molecule has 1 heterocycles. The van der Waals surface area contributed by atoms with Gasteiger partial charge in [-0.2, -0.15) is 0 Å². The Morgan fingerprint density at radius 2 is 1.67 bits per heavy atom. The van der Waals surface area contributed by atoms with Crippen LogP contribution < -0.4 is 15.4 Å². The Labute approximate surface area is 175 Å². The van der Waals surface area contributed by atoms with Crippen molar-refractivity contribution >= 4 is 17.5 Å². The van der Waals surface area contributed by atoms with Gasteiger partial charge in [0.1, 0.15) is 5.75 Å². The van der Waals surface area contributed by atoms with Crippen LogP contribution in [-0.4, -0.2) is 29.5 Å². The maximum atomic E-state index is 13.1. The van der Waals surface area contributed by atoms with Crippen LogP contribution in [0.2, 0.25) is 0 Å². The quantitative estimate of drug-likeness (QED) is 0.646. The molecule has 0 radical (unpaired) electrons. The summed E-state index contributed by atoms with van der Waals surface area (Å²) in [7, 11) is 1.63. The van der Waals surface area contributed by atoms with E-state index in [-0.39, 0.29) is 17.9 Å². The molecule has 2 amide bonds. The maximum absolute atomic E-state index is 13.1. The van der Waals surface area contributed by atoms with Crippen molar-refractivity contribution in [2.45, 2.75) is 32.7 Å². The van der Waals surface area contributed by atoms with Crippen molar-refractivity contribution in [2.24, 2.45) is 0 Å². The monoisotopic (exact) mass is 403 g/mol. The first-order chi connectivity index (χ1) is 14.5. The number of nitrogens with one attached hydrogen (secondary N) is 2. The Kier molecular flexibility index (Phi) is 5.31. The Morgan fingerprint density at radius 1 is 0.967 bits per heavy atom. The number of aryl methyl sites for hydroxylation is 1. The summed E-state index contributed by atoms with van der Waals surface area (Å²) in [5, 5.41) is 5.89. The molecule has 2 N–H and O–H groups in total. The van der Waals surface area contributed by atoms with Crippen LogP contribution >= 0.6 is 0 Å². The second-order valence-corrected chi connectivity index (χ2v) is 7.57. The number of methoxy groups -OCH3 is 1. The number of carbonyl (C=O) groups is 2. The Hall–Kier alpha value is -3.54. The fourth-order valence-electron chi connectivity index (χ4n) is 3.59. The van der Waals surface area contributed by atoms with Gasteiger partial charge in [-0.25, -0.2) is 0 Å². The standard InChI is InChI=1S/C24H25N3O3/c1-15-14-21(16(2)27(15)18-10-12-19(30-3)13-11-18)24(29)26-22-7-5-4-6-20(22)23(28)25-17-8-9-17/h4-7,10-14,17H,8-9H2,1-3H3,(H,25,28)(H,26,29). The van der Waals surface area contributed by atoms with Crippen molar-refractivity contribution < 1.29 is 14.3 Å². The summed E-state index contributed by atoms with van der Waals surface area (Å²) in [5.41, 5.74) is 4.28. The fourth-order valence-corrected chi connectivity index (χ4v) is 3.59. The van der Waals surface area contributed by atoms with Gasteiger partial charge in [0, 0.05) is 23.1 Å². The van der Waals surface area contributed by atoms with Gasteiger partial charge >= 0.3 is 0 Å². The topological polar surface area (TPSA) is 72.4 Å². The molecule has 0 aliphatic heterocycles. The summed E-state index contributed by atoms with van der Waals surface area (Å²) < 4.78 is 7.26. The first-order valence-electron chi connectivity index (χ1n) is 10.0. The van der Waals surface area contributed by atoms with Crippen molar-refractivity contribution in [1.82, 2.24) is 9.88 Å². The van der Waals surface area contributed by atoms with Gasteiger partial charge in [-0.3, -0.25) is 9.59 Å². The Morgan fingerprint density at radius 3 is 2.33 bits per heavy atom. The highest BCUT2D eigenvalue weighted by Gasteiger charge is 2.25. The SMILES string of the molecule is COc1ccc(-n2c(C)cc(C(=O)Nc3ccccc3C(=O)NC3CC3)c2C)cc1. The molecule has 0 unspecified atom stereocenters. The molecule has 1 fully saturated rings. The number of amides is 2. The predicted octanol–water partition coefficient (Wildman–Crippen LogP) is 4.25. The number of anilines is 1. The molecule has 0 saturated heterocycles. The number of hydrogen-bond acceptors (Lipinski definition) is 3. The molecule has 0 bridgehead atoms. The first kappa shape index (κ1) is 19.8. The van der Waals surface area contributed by atoms with Crippen LogP contribution in [0.3, 0.4) is 0 Å². The smallest absolute Gasteiger partial charge is 0.257 e. The van der Waals surface area contributed by atoms with E-state index in [9.17, 15) is 9.59 Å². The van der Waals surface area contributed by atoms with Gasteiger partial charge in [-0.15, -0.1) is 0 Å². The van der Waals surface area contributed by atoms with E-state index in [0.717, 1.165) is 35.7 Å². The van der Waals surface area contributed by atoms with Gasteiger partial charge in [0.2, 0.25) is 0 Å². The van der Waals surface area contributed by atoms with Crippen LogP contribution in [0.25, 0.3) is 5.69 Å². The molecular weight excluding hydrogens is 378 g/mol. The van der Waals surface area contributed by atoms with Crippen LogP contribution in [0.15, 0.2) is 54.6 Å². The van der Waals surface area contributed by atoms with Crippen LogP contribution in [0.5, 0.6) is 5.75 Å². The molecule has 6 nitrogen and oxygen atoms in total. The summed E-state index contributed by atoms with van der Waals surface area (Å²) in [6.07, 6.45) is 2.02. The minimum Gasteiger partial charge on any atom is -0.497 e. The lowest BCUT2D eigenvalue weighted by molar-refractivity contribution is 0.0952. The molecule has 1 aliphatic rings. The van der Waals surface area contributed by atoms with Gasteiger partial charge in [0.05, 0.1) is 23.9 Å². The molecule has 4 rings (SSSR count). The molecule has 1 aromatic heterocycles. The molecule has 2 aromatic carbocycles. The molecule has 3 aromatic rings. The van der Waals surface area contributed by atoms with E-state index in [1.165, 1.54) is 0 Å². The molecule has 154 valence electrons. The highest BCUT2D eigenvalue weighted by molar-refractivity contribution is 6.09. The molecule has 0 atom stereocenters. The van der Waals surface area contributed by atoms with Gasteiger partial charge in [0.25, 0.3) is 11.8 Å². The lowest BCUT2D eigenvalue weighted by Crippen LogP contribution is -2.27. The van der Waals surface area contributed by atoms with Gasteiger partial charge < -0.3 is 19.9 Å². The summed E-state index contributed by atoms with van der Waals surface area (Å²) >= 11 is 0. The van der Waals surface area contributed by atoms with E-state index < -0.39 is 0 Å². The van der Waals surface area contributed by atoms with Crippen molar-refractivity contribution in [2.75, 3.05) is 12.4 Å². The van der Waals surface area contributed by atoms with E-state index in [4.69, 9.17) is 4.74 Å². The number of para-hydroxylation sites is 1. The Balaban J connectivity index is 1.59. The molecule has 30 heavy (non-hydrogen) atoms. The lowest BCUT2D eigenvalue weighted by atomic mass is 10.1.